The molecule has 50 heavy (non-hydrogen) atoms. The molecule has 2 aliphatic rings. The number of aromatic nitrogens is 2. The van der Waals surface area contributed by atoms with Crippen molar-refractivity contribution in [1.82, 2.24) is 9.97 Å². The summed E-state index contributed by atoms with van der Waals surface area (Å²) >= 11 is 0. The molecule has 0 saturated carbocycles. The summed E-state index contributed by atoms with van der Waals surface area (Å²) < 4.78 is 23.1. The maximum absolute atomic E-state index is 16.6. The Morgan fingerprint density at radius 1 is 0.680 bits per heavy atom. The van der Waals surface area contributed by atoms with Gasteiger partial charge in [0, 0.05) is 28.0 Å². The number of nitrogens with zero attached hydrogens (tertiary/aromatic N) is 2. The fraction of sp³-hybridized carbons (Fsp3) is 0.0870. The topological polar surface area (TPSA) is 38.9 Å². The Balaban J connectivity index is 1.19. The molecule has 0 amide bonds. The highest BCUT2D eigenvalue weighted by atomic mass is 19.1. The third kappa shape index (κ3) is 4.56. The summed E-state index contributed by atoms with van der Waals surface area (Å²) in [5.41, 5.74) is 8.94. The predicted octanol–water partition coefficient (Wildman–Crippen LogP) is 12.2. The molecule has 2 heterocycles. The first-order valence-electron chi connectivity index (χ1n) is 17.3. The van der Waals surface area contributed by atoms with Gasteiger partial charge in [-0.25, -0.2) is 9.37 Å². The summed E-state index contributed by atoms with van der Waals surface area (Å²) in [5.74, 6) is 0.658. The van der Waals surface area contributed by atoms with Crippen LogP contribution in [0.4, 0.5) is 4.39 Å². The second-order valence-electron chi connectivity index (χ2n) is 13.3. The molecule has 3 nitrogen and oxygen atoms in total. The van der Waals surface area contributed by atoms with Crippen LogP contribution in [0.1, 0.15) is 41.3 Å². The van der Waals surface area contributed by atoms with Crippen molar-refractivity contribution in [3.8, 4) is 22.4 Å². The summed E-state index contributed by atoms with van der Waals surface area (Å²) in [6.07, 6.45) is 13.8. The zero-order valence-corrected chi connectivity index (χ0v) is 27.2. The van der Waals surface area contributed by atoms with Crippen molar-refractivity contribution in [2.75, 3.05) is 0 Å². The van der Waals surface area contributed by atoms with Gasteiger partial charge in [0.05, 0.1) is 11.1 Å². The molecule has 2 aromatic heterocycles. The monoisotopic (exact) mass is 646 g/mol. The summed E-state index contributed by atoms with van der Waals surface area (Å²) in [6.45, 7) is 0. The molecule has 4 heteroatoms. The van der Waals surface area contributed by atoms with Gasteiger partial charge in [-0.1, -0.05) is 127 Å². The number of furan rings is 1. The average Bonchev–Trinajstić information content (AvgIpc) is 3.57. The summed E-state index contributed by atoms with van der Waals surface area (Å²) in [7, 11) is 0. The molecule has 0 aliphatic heterocycles. The van der Waals surface area contributed by atoms with Crippen LogP contribution in [-0.2, 0) is 6.42 Å². The maximum Gasteiger partial charge on any atom is 0.231 e. The maximum atomic E-state index is 16.6. The minimum atomic E-state index is -0.264. The second-order valence-corrected chi connectivity index (χ2v) is 13.3. The van der Waals surface area contributed by atoms with Crippen molar-refractivity contribution in [3.63, 3.8) is 0 Å². The number of hydrogen-bond acceptors (Lipinski definition) is 3. The van der Waals surface area contributed by atoms with E-state index in [1.165, 1.54) is 22.1 Å². The molecule has 0 spiro atoms. The Morgan fingerprint density at radius 2 is 1.48 bits per heavy atom. The standard InChI is InChI=1S/C46H31FN2O/c47-40-27-38-35-19-10-8-17-33(35)32-16-7-9-18-34(32)37(38)26-39(40)36-20-11-21-41-42(36)43-44(30-14-5-2-6-15-30)48-45(49-46(43)50-41)31-24-22-29(23-25-31)28-12-3-1-4-13-28/h1-8,10-17,19-22,24-27,29H,9,18,23H2. The van der Waals surface area contributed by atoms with Gasteiger partial charge in [-0.15, -0.1) is 0 Å². The zero-order valence-electron chi connectivity index (χ0n) is 27.2. The van der Waals surface area contributed by atoms with Gasteiger partial charge in [-0.3, -0.25) is 0 Å². The van der Waals surface area contributed by atoms with Gasteiger partial charge in [0.1, 0.15) is 11.4 Å². The number of fused-ring (bicyclic) bond motifs is 9. The Kier molecular flexibility index (Phi) is 6.63. The highest BCUT2D eigenvalue weighted by Crippen LogP contribution is 2.44. The van der Waals surface area contributed by atoms with E-state index in [9.17, 15) is 0 Å². The highest BCUT2D eigenvalue weighted by Gasteiger charge is 2.24. The molecule has 10 rings (SSSR count). The van der Waals surface area contributed by atoms with Gasteiger partial charge < -0.3 is 4.42 Å². The third-order valence-electron chi connectivity index (χ3n) is 10.4. The van der Waals surface area contributed by atoms with Crippen molar-refractivity contribution in [3.05, 3.63) is 168 Å². The van der Waals surface area contributed by atoms with Crippen molar-refractivity contribution in [1.29, 1.82) is 0 Å². The average molecular weight is 647 g/mol. The molecule has 0 fully saturated rings. The molecule has 238 valence electrons. The highest BCUT2D eigenvalue weighted by molar-refractivity contribution is 6.18. The van der Waals surface area contributed by atoms with Crippen molar-refractivity contribution in [2.45, 2.75) is 25.2 Å². The molecule has 1 unspecified atom stereocenters. The minimum Gasteiger partial charge on any atom is -0.438 e. The molecular formula is C46H31FN2O. The number of halogens is 1. The van der Waals surface area contributed by atoms with E-state index in [0.29, 0.717) is 28.6 Å². The molecular weight excluding hydrogens is 616 g/mol. The summed E-state index contributed by atoms with van der Waals surface area (Å²) in [4.78, 5) is 10.2. The van der Waals surface area contributed by atoms with Gasteiger partial charge in [-0.2, -0.15) is 4.98 Å². The number of benzene rings is 6. The molecule has 0 N–H and O–H groups in total. The van der Waals surface area contributed by atoms with E-state index in [0.717, 1.165) is 68.6 Å². The van der Waals surface area contributed by atoms with Gasteiger partial charge in [0.15, 0.2) is 5.82 Å². The zero-order chi connectivity index (χ0) is 33.2. The van der Waals surface area contributed by atoms with E-state index in [4.69, 9.17) is 14.4 Å². The van der Waals surface area contributed by atoms with Crippen molar-refractivity contribution < 1.29 is 8.81 Å². The Labute approximate surface area is 288 Å². The van der Waals surface area contributed by atoms with E-state index in [1.807, 2.05) is 48.5 Å². The van der Waals surface area contributed by atoms with Crippen LogP contribution in [0.5, 0.6) is 0 Å². The lowest BCUT2D eigenvalue weighted by molar-refractivity contribution is 0.633. The SMILES string of the molecule is Fc1cc2c(cc1-c1cccc3oc4nc(C5=CCC(c6ccccc6)C=C5)nc(-c5ccccc5)c4c13)c1c(c3ccccc32)C=CCC1. The van der Waals surface area contributed by atoms with Crippen LogP contribution < -0.4 is 0 Å². The first-order valence-corrected chi connectivity index (χ1v) is 17.3. The molecule has 1 atom stereocenters. The molecule has 6 aromatic carbocycles. The van der Waals surface area contributed by atoms with E-state index in [-0.39, 0.29) is 5.82 Å². The number of rotatable bonds is 4. The predicted molar refractivity (Wildman–Crippen MR) is 203 cm³/mol. The Morgan fingerprint density at radius 3 is 2.30 bits per heavy atom. The second kappa shape index (κ2) is 11.5. The smallest absolute Gasteiger partial charge is 0.231 e. The van der Waals surface area contributed by atoms with Crippen LogP contribution in [0.3, 0.4) is 0 Å². The first-order chi connectivity index (χ1) is 24.7. The molecule has 8 aromatic rings. The van der Waals surface area contributed by atoms with Crippen LogP contribution >= 0.6 is 0 Å². The van der Waals surface area contributed by atoms with E-state index >= 15 is 4.39 Å². The van der Waals surface area contributed by atoms with Gasteiger partial charge >= 0.3 is 0 Å². The Bertz CT molecular complexity index is 2740. The lowest BCUT2D eigenvalue weighted by Crippen LogP contribution is -2.02. The normalized spacial score (nSPS) is 15.6. The van der Waals surface area contributed by atoms with Crippen LogP contribution in [0, 0.1) is 5.82 Å². The number of aryl methyl sites for hydroxylation is 1. The van der Waals surface area contributed by atoms with Crippen molar-refractivity contribution in [2.24, 2.45) is 0 Å². The van der Waals surface area contributed by atoms with Crippen LogP contribution in [0.2, 0.25) is 0 Å². The molecule has 0 bridgehead atoms. The molecule has 0 radical (unpaired) electrons. The van der Waals surface area contributed by atoms with Crippen LogP contribution in [0.15, 0.2) is 144 Å². The van der Waals surface area contributed by atoms with Gasteiger partial charge in [-0.05, 0) is 81.3 Å². The van der Waals surface area contributed by atoms with Crippen LogP contribution in [0.25, 0.3) is 77.6 Å². The van der Waals surface area contributed by atoms with E-state index in [2.05, 4.69) is 91.0 Å². The molecule has 2 aliphatic carbocycles. The summed E-state index contributed by atoms with van der Waals surface area (Å²) in [5, 5.41) is 5.88. The minimum absolute atomic E-state index is 0.264. The van der Waals surface area contributed by atoms with Gasteiger partial charge in [0.2, 0.25) is 5.71 Å². The third-order valence-corrected chi connectivity index (χ3v) is 10.4. The summed E-state index contributed by atoms with van der Waals surface area (Å²) in [6, 6.07) is 38.7. The fourth-order valence-corrected chi connectivity index (χ4v) is 8.01. The number of allylic oxidation sites excluding steroid dienone is 5. The van der Waals surface area contributed by atoms with E-state index < -0.39 is 0 Å². The molecule has 0 saturated heterocycles. The Hall–Kier alpha value is -6.13. The quantitative estimate of drug-likeness (QED) is 0.179. The largest absolute Gasteiger partial charge is 0.438 e. The van der Waals surface area contributed by atoms with E-state index in [1.54, 1.807) is 6.07 Å². The van der Waals surface area contributed by atoms with Crippen LogP contribution in [-0.4, -0.2) is 9.97 Å². The lowest BCUT2D eigenvalue weighted by atomic mass is 9.85. The lowest BCUT2D eigenvalue weighted by Gasteiger charge is -2.19. The fourth-order valence-electron chi connectivity index (χ4n) is 8.01. The number of hydrogen-bond donors (Lipinski definition) is 0. The first kappa shape index (κ1) is 28.8. The van der Waals surface area contributed by atoms with Gasteiger partial charge in [0.25, 0.3) is 0 Å². The van der Waals surface area contributed by atoms with Crippen molar-refractivity contribution >= 4 is 55.3 Å².